The third-order valence-electron chi connectivity index (χ3n) is 7.47. The normalized spacial score (nSPS) is 23.4. The molecule has 0 saturated carbocycles. The number of aromatic nitrogens is 1. The third-order valence-corrected chi connectivity index (χ3v) is 16.5. The van der Waals surface area contributed by atoms with E-state index in [0.29, 0.717) is 24.5 Å². The quantitative estimate of drug-likeness (QED) is 0.376. The zero-order valence-electron chi connectivity index (χ0n) is 21.4. The summed E-state index contributed by atoms with van der Waals surface area (Å²) in [6.07, 6.45) is 0.262. The van der Waals surface area contributed by atoms with Crippen LogP contribution in [0.15, 0.2) is 6.07 Å². The molecule has 0 aliphatic carbocycles. The van der Waals surface area contributed by atoms with E-state index < -0.39 is 16.6 Å². The Labute approximate surface area is 190 Å². The summed E-state index contributed by atoms with van der Waals surface area (Å²) >= 11 is 0. The summed E-state index contributed by atoms with van der Waals surface area (Å²) in [5.41, 5.74) is 7.55. The van der Waals surface area contributed by atoms with Crippen molar-refractivity contribution in [2.24, 2.45) is 0 Å². The lowest BCUT2D eigenvalue weighted by molar-refractivity contribution is -0.0162. The Hall–Kier alpha value is -0.936. The van der Waals surface area contributed by atoms with Gasteiger partial charge in [-0.1, -0.05) is 41.5 Å². The van der Waals surface area contributed by atoms with Gasteiger partial charge in [0.15, 0.2) is 22.4 Å². The van der Waals surface area contributed by atoms with Gasteiger partial charge in [-0.15, -0.1) is 0 Å². The molecule has 8 heteroatoms. The average Bonchev–Trinajstić information content (AvgIpc) is 3.14. The fraction of sp³-hybridized carbons (Fsp3) is 0.783. The van der Waals surface area contributed by atoms with Crippen LogP contribution in [0.5, 0.6) is 0 Å². The van der Waals surface area contributed by atoms with Crippen LogP contribution < -0.4 is 5.73 Å². The predicted molar refractivity (Wildman–Crippen MR) is 133 cm³/mol. The molecule has 1 aliphatic heterocycles. The Bertz CT molecular complexity index is 790. The van der Waals surface area contributed by atoms with Crippen molar-refractivity contribution in [3.63, 3.8) is 0 Å². The van der Waals surface area contributed by atoms with Crippen molar-refractivity contribution >= 4 is 28.2 Å². The molecule has 0 spiro atoms. The average molecular weight is 469 g/mol. The number of rotatable bonds is 7. The van der Waals surface area contributed by atoms with Crippen LogP contribution in [0.4, 0.5) is 5.82 Å². The topological polar surface area (TPSA) is 86.6 Å². The second-order valence-corrected chi connectivity index (χ2v) is 21.6. The van der Waals surface area contributed by atoms with E-state index in [1.165, 1.54) is 6.92 Å². The Morgan fingerprint density at radius 2 is 1.68 bits per heavy atom. The first kappa shape index (κ1) is 26.3. The number of hydrogen-bond acceptors (Lipinski definition) is 5. The van der Waals surface area contributed by atoms with Gasteiger partial charge in [0.1, 0.15) is 11.9 Å². The van der Waals surface area contributed by atoms with E-state index in [4.69, 9.17) is 19.3 Å². The molecule has 1 fully saturated rings. The van der Waals surface area contributed by atoms with Crippen LogP contribution in [0, 0.1) is 0 Å². The van der Waals surface area contributed by atoms with Crippen LogP contribution in [-0.2, 0) is 13.6 Å². The van der Waals surface area contributed by atoms with E-state index in [-0.39, 0.29) is 34.2 Å². The summed E-state index contributed by atoms with van der Waals surface area (Å²) in [6, 6.07) is 1.82. The number of Topliss-reactive ketones (excluding diaryl/α,β-unsaturated/α-hetero) is 1. The number of anilines is 1. The predicted octanol–water partition coefficient (Wildman–Crippen LogP) is 6.04. The third kappa shape index (κ3) is 5.90. The highest BCUT2D eigenvalue weighted by Crippen LogP contribution is 2.44. The van der Waals surface area contributed by atoms with Crippen molar-refractivity contribution < 1.29 is 18.4 Å². The lowest BCUT2D eigenvalue weighted by Gasteiger charge is -2.40. The molecule has 3 N–H and O–H groups in total. The molecule has 0 aromatic carbocycles. The zero-order valence-corrected chi connectivity index (χ0v) is 23.4. The molecule has 3 atom stereocenters. The smallest absolute Gasteiger partial charge is 0.192 e. The van der Waals surface area contributed by atoms with Crippen molar-refractivity contribution in [3.8, 4) is 0 Å². The lowest BCUT2D eigenvalue weighted by Crippen LogP contribution is -2.48. The van der Waals surface area contributed by atoms with E-state index in [0.717, 1.165) is 5.56 Å². The van der Waals surface area contributed by atoms with Gasteiger partial charge in [0.25, 0.3) is 0 Å². The Morgan fingerprint density at radius 3 is 2.13 bits per heavy atom. The first-order chi connectivity index (χ1) is 13.9. The fourth-order valence-electron chi connectivity index (χ4n) is 3.19. The van der Waals surface area contributed by atoms with Crippen molar-refractivity contribution in [1.29, 1.82) is 0 Å². The highest BCUT2D eigenvalue weighted by atomic mass is 28.4. The van der Waals surface area contributed by atoms with Crippen LogP contribution >= 0.6 is 0 Å². The maximum Gasteiger partial charge on any atom is 0.192 e. The van der Waals surface area contributed by atoms with Crippen LogP contribution in [-0.4, -0.2) is 46.2 Å². The Balaban J connectivity index is 2.28. The highest BCUT2D eigenvalue weighted by molar-refractivity contribution is 6.74. The van der Waals surface area contributed by atoms with Gasteiger partial charge < -0.3 is 24.3 Å². The van der Waals surface area contributed by atoms with E-state index in [1.807, 2.05) is 6.07 Å². The second-order valence-electron chi connectivity index (χ2n) is 12.0. The molecular formula is C23H44N2O4Si2. The van der Waals surface area contributed by atoms with E-state index in [9.17, 15) is 4.79 Å². The number of carbonyl (C=O) groups is 1. The number of nitrogen functional groups attached to an aromatic ring is 1. The largest absolute Gasteiger partial charge is 0.414 e. The summed E-state index contributed by atoms with van der Waals surface area (Å²) < 4.78 is 19.8. The molecular weight excluding hydrogens is 424 g/mol. The number of ether oxygens (including phenoxy) is 1. The fourth-order valence-corrected chi connectivity index (χ4v) is 5.57. The molecule has 31 heavy (non-hydrogen) atoms. The lowest BCUT2D eigenvalue weighted by atomic mass is 10.1. The number of nitrogens with one attached hydrogen (secondary N) is 1. The number of hydrogen-bond donors (Lipinski definition) is 2. The van der Waals surface area contributed by atoms with Crippen LogP contribution in [0.1, 0.15) is 77.0 Å². The highest BCUT2D eigenvalue weighted by Gasteiger charge is 2.46. The van der Waals surface area contributed by atoms with E-state index in [2.05, 4.69) is 72.7 Å². The maximum absolute atomic E-state index is 11.8. The molecule has 2 heterocycles. The summed E-state index contributed by atoms with van der Waals surface area (Å²) in [4.78, 5) is 14.8. The van der Waals surface area contributed by atoms with Gasteiger partial charge in [-0.25, -0.2) is 0 Å². The number of carbonyl (C=O) groups excluding carboxylic acids is 1. The van der Waals surface area contributed by atoms with Crippen LogP contribution in [0.25, 0.3) is 0 Å². The molecule has 0 unspecified atom stereocenters. The summed E-state index contributed by atoms with van der Waals surface area (Å²) in [5, 5.41) is 0.229. The number of aromatic amines is 1. The van der Waals surface area contributed by atoms with E-state index in [1.54, 1.807) is 0 Å². The van der Waals surface area contributed by atoms with Gasteiger partial charge in [-0.2, -0.15) is 0 Å². The minimum Gasteiger partial charge on any atom is -0.414 e. The first-order valence-electron chi connectivity index (χ1n) is 11.3. The van der Waals surface area contributed by atoms with Gasteiger partial charge in [0, 0.05) is 18.9 Å². The SMILES string of the molecule is CC(=O)c1cc([C@H]2C[C@H](O[Si](C)(C)C(C)(C)C)[C@@H](CO[Si](C)(C)C(C)(C)C)O2)c(N)[nH]1. The molecule has 0 bridgehead atoms. The van der Waals surface area contributed by atoms with Crippen molar-refractivity contribution in [1.82, 2.24) is 4.98 Å². The standard InChI is InChI=1S/C23H44N2O4Si2/c1-15(26)17-12-16(21(24)25-17)18-13-19(29-31(10,11)23(5,6)7)20(28-18)14-27-30(8,9)22(2,3)4/h12,18-20,25H,13-14,24H2,1-11H3/t18-,19+,20-/m1/s1. The zero-order chi connectivity index (χ0) is 24.0. The molecule has 1 aromatic rings. The van der Waals surface area contributed by atoms with E-state index >= 15 is 0 Å². The number of ketones is 1. The monoisotopic (exact) mass is 468 g/mol. The molecule has 178 valence electrons. The van der Waals surface area contributed by atoms with Gasteiger partial charge in [0.05, 0.1) is 24.5 Å². The molecule has 0 amide bonds. The summed E-state index contributed by atoms with van der Waals surface area (Å²) in [6.45, 7) is 24.6. The first-order valence-corrected chi connectivity index (χ1v) is 17.1. The van der Waals surface area contributed by atoms with Gasteiger partial charge in [-0.05, 0) is 42.3 Å². The summed E-state index contributed by atoms with van der Waals surface area (Å²) in [7, 11) is -3.92. The van der Waals surface area contributed by atoms with Crippen LogP contribution in [0.3, 0.4) is 0 Å². The molecule has 1 saturated heterocycles. The molecule has 2 rings (SSSR count). The van der Waals surface area contributed by atoms with Crippen molar-refractivity contribution in [2.45, 2.75) is 109 Å². The number of nitrogens with two attached hydrogens (primary N) is 1. The molecule has 0 radical (unpaired) electrons. The summed E-state index contributed by atoms with van der Waals surface area (Å²) in [5.74, 6) is 0.454. The van der Waals surface area contributed by atoms with Crippen LogP contribution in [0.2, 0.25) is 36.3 Å². The minimum absolute atomic E-state index is 0.0390. The molecule has 1 aromatic heterocycles. The van der Waals surface area contributed by atoms with Gasteiger partial charge in [-0.3, -0.25) is 4.79 Å². The molecule has 6 nitrogen and oxygen atoms in total. The Kier molecular flexibility index (Phi) is 7.45. The minimum atomic E-state index is -2.00. The van der Waals surface area contributed by atoms with Gasteiger partial charge in [0.2, 0.25) is 0 Å². The molecule has 1 aliphatic rings. The van der Waals surface area contributed by atoms with Crippen molar-refractivity contribution in [3.05, 3.63) is 17.3 Å². The van der Waals surface area contributed by atoms with Crippen molar-refractivity contribution in [2.75, 3.05) is 12.3 Å². The van der Waals surface area contributed by atoms with Gasteiger partial charge >= 0.3 is 0 Å². The number of H-pyrrole nitrogens is 1. The Morgan fingerprint density at radius 1 is 1.13 bits per heavy atom. The second kappa shape index (κ2) is 8.78. The maximum atomic E-state index is 11.8.